The molecule has 0 bridgehead atoms. The molecular formula is C18H21N5O2. The molecule has 1 amide bonds. The van der Waals surface area contributed by atoms with Crippen LogP contribution in [0, 0.1) is 24.2 Å². The van der Waals surface area contributed by atoms with Gasteiger partial charge in [-0.1, -0.05) is 0 Å². The van der Waals surface area contributed by atoms with Crippen LogP contribution in [0.1, 0.15) is 46.1 Å². The predicted molar refractivity (Wildman–Crippen MR) is 90.6 cm³/mol. The maximum absolute atomic E-state index is 12.4. The van der Waals surface area contributed by atoms with Gasteiger partial charge in [0.25, 0.3) is 5.91 Å². The van der Waals surface area contributed by atoms with Crippen molar-refractivity contribution < 1.29 is 9.53 Å². The van der Waals surface area contributed by atoms with Crippen LogP contribution in [0.3, 0.4) is 0 Å². The fourth-order valence-corrected chi connectivity index (χ4v) is 3.12. The van der Waals surface area contributed by atoms with Crippen LogP contribution in [-0.2, 0) is 11.8 Å². The van der Waals surface area contributed by atoms with Gasteiger partial charge < -0.3 is 10.1 Å². The Bertz CT molecular complexity index is 808. The Balaban J connectivity index is 1.66. The number of aromatic nitrogens is 3. The lowest BCUT2D eigenvalue weighted by Gasteiger charge is -2.31. The Hall–Kier alpha value is -2.72. The quantitative estimate of drug-likeness (QED) is 0.918. The second kappa shape index (κ2) is 7.45. The molecule has 7 nitrogen and oxygen atoms in total. The van der Waals surface area contributed by atoms with E-state index in [2.05, 4.69) is 21.5 Å². The van der Waals surface area contributed by atoms with Gasteiger partial charge in [0.1, 0.15) is 11.8 Å². The molecule has 1 fully saturated rings. The van der Waals surface area contributed by atoms with Crippen molar-refractivity contribution in [3.63, 3.8) is 0 Å². The average molecular weight is 339 g/mol. The van der Waals surface area contributed by atoms with E-state index in [-0.39, 0.29) is 17.9 Å². The third-order valence-corrected chi connectivity index (χ3v) is 4.49. The van der Waals surface area contributed by atoms with Crippen LogP contribution < -0.4 is 5.32 Å². The summed E-state index contributed by atoms with van der Waals surface area (Å²) in [6, 6.07) is 3.70. The zero-order chi connectivity index (χ0) is 17.8. The molecule has 3 rings (SSSR count). The minimum Gasteiger partial charge on any atom is -0.373 e. The van der Waals surface area contributed by atoms with Crippen LogP contribution >= 0.6 is 0 Å². The van der Waals surface area contributed by atoms with E-state index in [1.807, 2.05) is 19.4 Å². The van der Waals surface area contributed by atoms with E-state index in [9.17, 15) is 4.79 Å². The number of hydrogen-bond acceptors (Lipinski definition) is 5. The number of ether oxygens (including phenoxy) is 1. The molecule has 2 atom stereocenters. The molecule has 0 spiro atoms. The maximum atomic E-state index is 12.4. The molecule has 0 aliphatic carbocycles. The number of pyridine rings is 1. The monoisotopic (exact) mass is 339 g/mol. The summed E-state index contributed by atoms with van der Waals surface area (Å²) in [4.78, 5) is 16.4. The molecular weight excluding hydrogens is 318 g/mol. The summed E-state index contributed by atoms with van der Waals surface area (Å²) in [6.45, 7) is 3.03. The van der Waals surface area contributed by atoms with Crippen molar-refractivity contribution in [2.24, 2.45) is 13.0 Å². The van der Waals surface area contributed by atoms with Crippen LogP contribution in [0.15, 0.2) is 24.7 Å². The summed E-state index contributed by atoms with van der Waals surface area (Å²) >= 11 is 0. The fourth-order valence-electron chi connectivity index (χ4n) is 3.12. The minimum absolute atomic E-state index is 0.0570. The number of carbonyl (C=O) groups is 1. The highest BCUT2D eigenvalue weighted by Gasteiger charge is 2.29. The first-order valence-electron chi connectivity index (χ1n) is 8.33. The van der Waals surface area contributed by atoms with Gasteiger partial charge >= 0.3 is 0 Å². The fraction of sp³-hybridized carbons (Fsp3) is 0.444. The normalized spacial score (nSPS) is 20.0. The third-order valence-electron chi connectivity index (χ3n) is 4.49. The van der Waals surface area contributed by atoms with Crippen LogP contribution in [0.2, 0.25) is 0 Å². The Morgan fingerprint density at radius 3 is 3.04 bits per heavy atom. The molecule has 1 aliphatic heterocycles. The van der Waals surface area contributed by atoms with E-state index in [1.165, 1.54) is 6.20 Å². The number of aryl methyl sites for hydroxylation is 2. The lowest BCUT2D eigenvalue weighted by atomic mass is 9.91. The van der Waals surface area contributed by atoms with Crippen LogP contribution in [-0.4, -0.2) is 33.8 Å². The van der Waals surface area contributed by atoms with Crippen molar-refractivity contribution in [3.8, 4) is 6.07 Å². The Morgan fingerprint density at radius 1 is 1.52 bits per heavy atom. The first-order valence-corrected chi connectivity index (χ1v) is 8.33. The molecule has 2 aromatic rings. The Morgan fingerprint density at radius 2 is 2.36 bits per heavy atom. The highest BCUT2D eigenvalue weighted by Crippen LogP contribution is 2.32. The van der Waals surface area contributed by atoms with Crippen LogP contribution in [0.4, 0.5) is 0 Å². The molecule has 3 heterocycles. The lowest BCUT2D eigenvalue weighted by Crippen LogP contribution is -2.35. The largest absolute Gasteiger partial charge is 0.373 e. The van der Waals surface area contributed by atoms with Gasteiger partial charge in [-0.15, -0.1) is 0 Å². The van der Waals surface area contributed by atoms with E-state index in [1.54, 1.807) is 17.7 Å². The number of amides is 1. The third kappa shape index (κ3) is 3.86. The minimum atomic E-state index is -0.233. The molecule has 0 unspecified atom stereocenters. The van der Waals surface area contributed by atoms with Gasteiger partial charge in [-0.2, -0.15) is 10.4 Å². The van der Waals surface area contributed by atoms with Gasteiger partial charge in [-0.05, 0) is 31.4 Å². The summed E-state index contributed by atoms with van der Waals surface area (Å²) in [7, 11) is 1.88. The number of hydrogen-bond donors (Lipinski definition) is 1. The summed E-state index contributed by atoms with van der Waals surface area (Å²) in [5.41, 5.74) is 2.59. The van der Waals surface area contributed by atoms with Crippen molar-refractivity contribution >= 4 is 5.91 Å². The number of carbonyl (C=O) groups excluding carboxylic acids is 1. The van der Waals surface area contributed by atoms with Crippen molar-refractivity contribution in [2.45, 2.75) is 25.9 Å². The van der Waals surface area contributed by atoms with Crippen LogP contribution in [0.5, 0.6) is 0 Å². The average Bonchev–Trinajstić information content (AvgIpc) is 3.06. The van der Waals surface area contributed by atoms with Gasteiger partial charge in [0.05, 0.1) is 17.9 Å². The lowest BCUT2D eigenvalue weighted by molar-refractivity contribution is -0.0273. The molecule has 1 N–H and O–H groups in total. The highest BCUT2D eigenvalue weighted by molar-refractivity contribution is 5.92. The van der Waals surface area contributed by atoms with Gasteiger partial charge in [0.15, 0.2) is 0 Å². The molecule has 0 saturated carbocycles. The smallest absolute Gasteiger partial charge is 0.269 e. The predicted octanol–water partition coefficient (Wildman–Crippen LogP) is 1.89. The first-order chi connectivity index (χ1) is 12.1. The Labute approximate surface area is 146 Å². The zero-order valence-corrected chi connectivity index (χ0v) is 14.4. The standard InChI is InChI=1S/C18H21N5O2/c1-12-6-16(20-9-14(12)7-19)18(24)21-8-13-4-3-5-25-17(13)15-10-22-23(2)11-15/h6,9-11,13,17H,3-5,8H2,1-2H3,(H,21,24)/t13-,17+/m0/s1. The number of rotatable bonds is 4. The summed E-state index contributed by atoms with van der Waals surface area (Å²) < 4.78 is 7.68. The molecule has 1 saturated heterocycles. The molecule has 1 aliphatic rings. The van der Waals surface area contributed by atoms with Crippen molar-refractivity contribution in [2.75, 3.05) is 13.2 Å². The van der Waals surface area contributed by atoms with E-state index in [4.69, 9.17) is 10.00 Å². The van der Waals surface area contributed by atoms with Crippen LogP contribution in [0.25, 0.3) is 0 Å². The summed E-state index contributed by atoms with van der Waals surface area (Å²) in [5.74, 6) is -0.0375. The second-order valence-electron chi connectivity index (χ2n) is 6.35. The molecule has 0 aromatic carbocycles. The van der Waals surface area contributed by atoms with E-state index < -0.39 is 0 Å². The molecule has 25 heavy (non-hydrogen) atoms. The van der Waals surface area contributed by atoms with Crippen molar-refractivity contribution in [1.82, 2.24) is 20.1 Å². The van der Waals surface area contributed by atoms with Crippen molar-refractivity contribution in [3.05, 3.63) is 47.0 Å². The van der Waals surface area contributed by atoms with Crippen molar-refractivity contribution in [1.29, 1.82) is 5.26 Å². The molecule has 0 radical (unpaired) electrons. The van der Waals surface area contributed by atoms with Gasteiger partial charge in [-0.3, -0.25) is 9.48 Å². The summed E-state index contributed by atoms with van der Waals surface area (Å²) in [5, 5.41) is 16.1. The van der Waals surface area contributed by atoms with Gasteiger partial charge in [-0.25, -0.2) is 4.98 Å². The van der Waals surface area contributed by atoms with E-state index in [0.29, 0.717) is 17.8 Å². The molecule has 130 valence electrons. The first kappa shape index (κ1) is 17.1. The van der Waals surface area contributed by atoms with E-state index in [0.717, 1.165) is 30.6 Å². The van der Waals surface area contributed by atoms with Gasteiger partial charge in [0.2, 0.25) is 0 Å². The molecule has 7 heteroatoms. The number of nitriles is 1. The maximum Gasteiger partial charge on any atom is 0.269 e. The number of nitrogens with zero attached hydrogens (tertiary/aromatic N) is 4. The summed E-state index contributed by atoms with van der Waals surface area (Å²) in [6.07, 6.45) is 7.11. The SMILES string of the molecule is Cc1cc(C(=O)NC[C@@H]2CCCO[C@H]2c2cnn(C)c2)ncc1C#N. The number of nitrogens with one attached hydrogen (secondary N) is 1. The molecule has 2 aromatic heterocycles. The second-order valence-corrected chi connectivity index (χ2v) is 6.35. The van der Waals surface area contributed by atoms with E-state index >= 15 is 0 Å². The Kier molecular flexibility index (Phi) is 5.10. The topological polar surface area (TPSA) is 92.8 Å². The van der Waals surface area contributed by atoms with Gasteiger partial charge in [0, 0.05) is 44.1 Å². The zero-order valence-electron chi connectivity index (χ0n) is 14.4. The highest BCUT2D eigenvalue weighted by atomic mass is 16.5.